The van der Waals surface area contributed by atoms with Crippen LogP contribution >= 0.6 is 0 Å². The highest BCUT2D eigenvalue weighted by Crippen LogP contribution is 2.27. The molecule has 0 saturated heterocycles. The van der Waals surface area contributed by atoms with Crippen LogP contribution in [0.4, 0.5) is 0 Å². The average molecular weight is 457 g/mol. The van der Waals surface area contributed by atoms with Gasteiger partial charge < -0.3 is 15.3 Å². The maximum absolute atomic E-state index is 11.7. The Bertz CT molecular complexity index is 539. The smallest absolute Gasteiger partial charge is 0.362 e. The minimum absolute atomic E-state index is 0.223. The SMILES string of the molecule is CC/C=C/CCCCCCCCCCCC[N+](C(C)C(=O)O)(C(C)C(=O)O)C(C)C(=O)O. The van der Waals surface area contributed by atoms with Crippen LogP contribution < -0.4 is 0 Å². The molecule has 7 heteroatoms. The van der Waals surface area contributed by atoms with Gasteiger partial charge in [-0.1, -0.05) is 64.0 Å². The van der Waals surface area contributed by atoms with E-state index in [4.69, 9.17) is 0 Å². The Morgan fingerprint density at radius 1 is 0.625 bits per heavy atom. The molecular formula is C25H46NO6+. The average Bonchev–Trinajstić information content (AvgIpc) is 2.75. The molecule has 3 atom stereocenters. The number of rotatable bonds is 20. The van der Waals surface area contributed by atoms with E-state index in [2.05, 4.69) is 19.1 Å². The number of carbonyl (C=O) groups is 3. The highest BCUT2D eigenvalue weighted by atomic mass is 16.4. The van der Waals surface area contributed by atoms with E-state index in [0.29, 0.717) is 6.42 Å². The Morgan fingerprint density at radius 2 is 0.969 bits per heavy atom. The molecule has 0 aromatic carbocycles. The third-order valence-electron chi connectivity index (χ3n) is 6.80. The topological polar surface area (TPSA) is 112 Å². The number of quaternary nitrogens is 1. The molecule has 3 unspecified atom stereocenters. The molecule has 0 aliphatic rings. The standard InChI is InChI=1S/C25H45NO6/c1-5-6-7-8-9-10-11-12-13-14-15-16-17-18-19-26(20(2)23(27)28,21(3)24(29)30)22(4)25(31)32/h6-7,20-22H,5,8-19H2,1-4H3,(H2-,27,28,29,30,31,32)/p+1/b7-6+. The van der Waals surface area contributed by atoms with Crippen LogP contribution in [0.1, 0.15) is 105 Å². The monoisotopic (exact) mass is 456 g/mol. The third kappa shape index (κ3) is 10.2. The van der Waals surface area contributed by atoms with Crippen LogP contribution in [0.2, 0.25) is 0 Å². The van der Waals surface area contributed by atoms with Gasteiger partial charge in [-0.05, 0) is 52.9 Å². The van der Waals surface area contributed by atoms with E-state index >= 15 is 0 Å². The van der Waals surface area contributed by atoms with Gasteiger partial charge in [0.15, 0.2) is 18.1 Å². The van der Waals surface area contributed by atoms with Crippen LogP contribution in [0.5, 0.6) is 0 Å². The van der Waals surface area contributed by atoms with Crippen molar-refractivity contribution in [1.82, 2.24) is 0 Å². The maximum Gasteiger partial charge on any atom is 0.362 e. The predicted octanol–water partition coefficient (Wildman–Crippen LogP) is 5.48. The lowest BCUT2D eigenvalue weighted by Gasteiger charge is -2.47. The summed E-state index contributed by atoms with van der Waals surface area (Å²) >= 11 is 0. The normalized spacial score (nSPS) is 16.4. The number of unbranched alkanes of at least 4 members (excludes halogenated alkanes) is 10. The molecule has 186 valence electrons. The van der Waals surface area contributed by atoms with Crippen LogP contribution in [0.15, 0.2) is 12.2 Å². The maximum atomic E-state index is 11.7. The van der Waals surface area contributed by atoms with Crippen molar-refractivity contribution < 1.29 is 34.2 Å². The van der Waals surface area contributed by atoms with Gasteiger partial charge in [0.25, 0.3) is 0 Å². The van der Waals surface area contributed by atoms with Gasteiger partial charge >= 0.3 is 17.9 Å². The Labute approximate surface area is 194 Å². The highest BCUT2D eigenvalue weighted by Gasteiger charge is 2.52. The number of carboxylic acid groups (broad SMARTS) is 3. The number of aliphatic carboxylic acids is 3. The van der Waals surface area contributed by atoms with Crippen LogP contribution in [0.3, 0.4) is 0 Å². The lowest BCUT2D eigenvalue weighted by atomic mass is 10.00. The zero-order chi connectivity index (χ0) is 24.6. The molecule has 0 aliphatic heterocycles. The Kier molecular flexibility index (Phi) is 15.7. The molecule has 0 fully saturated rings. The van der Waals surface area contributed by atoms with Crippen molar-refractivity contribution in [1.29, 1.82) is 0 Å². The van der Waals surface area contributed by atoms with Crippen LogP contribution in [-0.4, -0.2) is 62.4 Å². The van der Waals surface area contributed by atoms with Crippen molar-refractivity contribution in [2.24, 2.45) is 0 Å². The Morgan fingerprint density at radius 3 is 1.31 bits per heavy atom. The summed E-state index contributed by atoms with van der Waals surface area (Å²) in [5.41, 5.74) is 0. The van der Waals surface area contributed by atoms with E-state index in [1.807, 2.05) is 0 Å². The molecule has 0 heterocycles. The van der Waals surface area contributed by atoms with Crippen molar-refractivity contribution in [2.45, 2.75) is 123 Å². The number of carboxylic acids is 3. The first-order valence-corrected chi connectivity index (χ1v) is 12.3. The van der Waals surface area contributed by atoms with Crippen LogP contribution in [0, 0.1) is 0 Å². The molecule has 0 amide bonds. The lowest BCUT2D eigenvalue weighted by Crippen LogP contribution is -2.70. The summed E-state index contributed by atoms with van der Waals surface area (Å²) < 4.78 is -0.479. The molecule has 0 saturated carbocycles. The first-order valence-electron chi connectivity index (χ1n) is 12.3. The summed E-state index contributed by atoms with van der Waals surface area (Å²) in [6.45, 7) is 6.63. The molecule has 0 aliphatic carbocycles. The van der Waals surface area contributed by atoms with E-state index in [1.165, 1.54) is 65.7 Å². The Balaban J connectivity index is 4.49. The van der Waals surface area contributed by atoms with Gasteiger partial charge in [0, 0.05) is 0 Å². The molecular weight excluding hydrogens is 410 g/mol. The molecule has 7 nitrogen and oxygen atoms in total. The largest absolute Gasteiger partial charge is 0.477 e. The van der Waals surface area contributed by atoms with Crippen molar-refractivity contribution >= 4 is 17.9 Å². The van der Waals surface area contributed by atoms with Crippen molar-refractivity contribution in [3.8, 4) is 0 Å². The summed E-state index contributed by atoms with van der Waals surface area (Å²) in [4.78, 5) is 35.2. The molecule has 0 radical (unpaired) electrons. The number of hydrogen-bond donors (Lipinski definition) is 3. The van der Waals surface area contributed by atoms with Crippen molar-refractivity contribution in [3.63, 3.8) is 0 Å². The van der Waals surface area contributed by atoms with Gasteiger partial charge in [-0.15, -0.1) is 0 Å². The fourth-order valence-corrected chi connectivity index (χ4v) is 4.55. The second-order valence-electron chi connectivity index (χ2n) is 8.97. The second kappa shape index (κ2) is 16.7. The fraction of sp³-hybridized carbons (Fsp3) is 0.800. The molecule has 0 aromatic heterocycles. The molecule has 0 spiro atoms. The van der Waals surface area contributed by atoms with Crippen LogP contribution in [-0.2, 0) is 14.4 Å². The minimum atomic E-state index is -1.17. The van der Waals surface area contributed by atoms with E-state index < -0.39 is 40.5 Å². The van der Waals surface area contributed by atoms with Gasteiger partial charge in [-0.3, -0.25) is 4.48 Å². The van der Waals surface area contributed by atoms with E-state index in [1.54, 1.807) is 0 Å². The summed E-state index contributed by atoms with van der Waals surface area (Å²) in [5.74, 6) is -3.52. The van der Waals surface area contributed by atoms with E-state index in [-0.39, 0.29) is 6.54 Å². The van der Waals surface area contributed by atoms with Gasteiger partial charge in [0.05, 0.1) is 6.54 Å². The summed E-state index contributed by atoms with van der Waals surface area (Å²) in [6.07, 6.45) is 17.7. The first-order chi connectivity index (χ1) is 15.1. The summed E-state index contributed by atoms with van der Waals surface area (Å²) in [7, 11) is 0. The second-order valence-corrected chi connectivity index (χ2v) is 8.97. The first kappa shape index (κ1) is 30.1. The highest BCUT2D eigenvalue weighted by molar-refractivity contribution is 5.77. The van der Waals surface area contributed by atoms with Gasteiger partial charge in [-0.25, -0.2) is 14.4 Å². The lowest BCUT2D eigenvalue weighted by molar-refractivity contribution is -0.968. The molecule has 0 aromatic rings. The van der Waals surface area contributed by atoms with Crippen LogP contribution in [0.25, 0.3) is 0 Å². The van der Waals surface area contributed by atoms with E-state index in [0.717, 1.165) is 25.7 Å². The van der Waals surface area contributed by atoms with Gasteiger partial charge in [0.1, 0.15) is 0 Å². The fourth-order valence-electron chi connectivity index (χ4n) is 4.55. The van der Waals surface area contributed by atoms with Crippen molar-refractivity contribution in [3.05, 3.63) is 12.2 Å². The van der Waals surface area contributed by atoms with Gasteiger partial charge in [0.2, 0.25) is 0 Å². The molecule has 0 bridgehead atoms. The third-order valence-corrected chi connectivity index (χ3v) is 6.80. The van der Waals surface area contributed by atoms with E-state index in [9.17, 15) is 29.7 Å². The molecule has 3 N–H and O–H groups in total. The summed E-state index contributed by atoms with van der Waals surface area (Å²) in [5, 5.41) is 28.8. The number of allylic oxidation sites excluding steroid dienone is 2. The van der Waals surface area contributed by atoms with Crippen molar-refractivity contribution in [2.75, 3.05) is 6.54 Å². The summed E-state index contributed by atoms with van der Waals surface area (Å²) in [6, 6.07) is -3.36. The predicted molar refractivity (Wildman–Crippen MR) is 127 cm³/mol. The molecule has 0 rings (SSSR count). The quantitative estimate of drug-likeness (QED) is 0.127. The van der Waals surface area contributed by atoms with Gasteiger partial charge in [-0.2, -0.15) is 0 Å². The molecule has 32 heavy (non-hydrogen) atoms. The Hall–Kier alpha value is -1.89. The minimum Gasteiger partial charge on any atom is -0.477 e. The number of hydrogen-bond acceptors (Lipinski definition) is 3. The zero-order valence-electron chi connectivity index (χ0n) is 20.6. The number of nitrogens with zero attached hydrogens (tertiary/aromatic N) is 1. The zero-order valence-corrected chi connectivity index (χ0v) is 20.6.